The molecule has 0 fully saturated rings. The Bertz CT molecular complexity index is 838. The summed E-state index contributed by atoms with van der Waals surface area (Å²) in [6.45, 7) is 4.79. The number of esters is 1. The lowest BCUT2D eigenvalue weighted by molar-refractivity contribution is -0.136. The number of benzene rings is 2. The minimum Gasteiger partial charge on any atom is -0.462 e. The summed E-state index contributed by atoms with van der Waals surface area (Å²) in [5.41, 5.74) is 6.29. The van der Waals surface area contributed by atoms with Crippen molar-refractivity contribution in [3.8, 4) is 11.1 Å². The van der Waals surface area contributed by atoms with E-state index in [-0.39, 0.29) is 5.97 Å². The van der Waals surface area contributed by atoms with E-state index in [0.29, 0.717) is 18.8 Å². The standard InChI is InChI=1S/C26H32O3/c1-20(26(28)29-18-11-7-5-3-2-4-6-10-17-27)22-15-12-16-24-23-14-9-8-13-21(23)19-25(22)24/h8-9,12-16,27H,1-7,10-11,17-19H2. The van der Waals surface area contributed by atoms with E-state index in [1.807, 2.05) is 12.1 Å². The van der Waals surface area contributed by atoms with Gasteiger partial charge in [0.25, 0.3) is 0 Å². The number of fused-ring (bicyclic) bond motifs is 3. The number of aliphatic hydroxyl groups excluding tert-OH is 1. The minimum atomic E-state index is -0.307. The molecule has 0 saturated heterocycles. The summed E-state index contributed by atoms with van der Waals surface area (Å²) in [6.07, 6.45) is 9.64. The zero-order valence-electron chi connectivity index (χ0n) is 17.3. The predicted molar refractivity (Wildman–Crippen MR) is 119 cm³/mol. The van der Waals surface area contributed by atoms with Crippen LogP contribution in [-0.2, 0) is 16.0 Å². The third-order valence-electron chi connectivity index (χ3n) is 5.71. The molecule has 1 N–H and O–H groups in total. The molecule has 0 spiro atoms. The van der Waals surface area contributed by atoms with Crippen molar-refractivity contribution in [1.82, 2.24) is 0 Å². The topological polar surface area (TPSA) is 46.5 Å². The summed E-state index contributed by atoms with van der Waals surface area (Å²) >= 11 is 0. The highest BCUT2D eigenvalue weighted by Crippen LogP contribution is 2.39. The lowest BCUT2D eigenvalue weighted by Crippen LogP contribution is -2.09. The fourth-order valence-electron chi connectivity index (χ4n) is 4.08. The Balaban J connectivity index is 1.42. The Morgan fingerprint density at radius 3 is 2.28 bits per heavy atom. The van der Waals surface area contributed by atoms with E-state index >= 15 is 0 Å². The summed E-state index contributed by atoms with van der Waals surface area (Å²) in [4.78, 5) is 12.5. The van der Waals surface area contributed by atoms with Crippen LogP contribution in [0.2, 0.25) is 0 Å². The normalized spacial score (nSPS) is 11.8. The molecule has 0 saturated carbocycles. The van der Waals surface area contributed by atoms with Crippen LogP contribution >= 0.6 is 0 Å². The monoisotopic (exact) mass is 392 g/mol. The third kappa shape index (κ3) is 5.57. The van der Waals surface area contributed by atoms with Gasteiger partial charge in [-0.15, -0.1) is 0 Å². The van der Waals surface area contributed by atoms with E-state index in [1.165, 1.54) is 47.9 Å². The lowest BCUT2D eigenvalue weighted by atomic mass is 9.96. The molecular weight excluding hydrogens is 360 g/mol. The molecule has 2 aromatic rings. The first-order chi connectivity index (χ1) is 14.2. The molecule has 0 aliphatic heterocycles. The first kappa shape index (κ1) is 21.3. The van der Waals surface area contributed by atoms with E-state index in [1.54, 1.807) is 0 Å². The molecule has 0 radical (unpaired) electrons. The van der Waals surface area contributed by atoms with Crippen LogP contribution in [0.1, 0.15) is 68.1 Å². The number of hydrogen-bond donors (Lipinski definition) is 1. The predicted octanol–water partition coefficient (Wildman–Crippen LogP) is 5.93. The van der Waals surface area contributed by atoms with Gasteiger partial charge in [0.05, 0.1) is 12.2 Å². The van der Waals surface area contributed by atoms with Gasteiger partial charge in [-0.3, -0.25) is 0 Å². The van der Waals surface area contributed by atoms with Crippen molar-refractivity contribution in [3.05, 3.63) is 65.7 Å². The molecular formula is C26H32O3. The fourth-order valence-corrected chi connectivity index (χ4v) is 4.08. The van der Waals surface area contributed by atoms with Gasteiger partial charge in [0.15, 0.2) is 0 Å². The quantitative estimate of drug-likeness (QED) is 0.236. The second-order valence-electron chi connectivity index (χ2n) is 7.83. The van der Waals surface area contributed by atoms with E-state index in [9.17, 15) is 4.79 Å². The number of carbonyl (C=O) groups is 1. The van der Waals surface area contributed by atoms with Gasteiger partial charge < -0.3 is 9.84 Å². The average Bonchev–Trinajstić information content (AvgIpc) is 3.13. The Hall–Kier alpha value is -2.39. The highest BCUT2D eigenvalue weighted by molar-refractivity contribution is 6.16. The van der Waals surface area contributed by atoms with Gasteiger partial charge >= 0.3 is 5.97 Å². The SMILES string of the molecule is C=C(C(=O)OCCCCCCCCCCO)c1cccc2c1Cc1ccccc1-2. The first-order valence-corrected chi connectivity index (χ1v) is 10.9. The number of hydrogen-bond acceptors (Lipinski definition) is 3. The molecule has 1 aliphatic rings. The number of carbonyl (C=O) groups excluding carboxylic acids is 1. The molecule has 0 unspecified atom stereocenters. The molecule has 3 rings (SSSR count). The van der Waals surface area contributed by atoms with Gasteiger partial charge in [-0.2, -0.15) is 0 Å². The number of aliphatic hydroxyl groups is 1. The maximum absolute atomic E-state index is 12.5. The largest absolute Gasteiger partial charge is 0.462 e. The smallest absolute Gasteiger partial charge is 0.338 e. The Kier molecular flexibility index (Phi) is 8.06. The van der Waals surface area contributed by atoms with Crippen molar-refractivity contribution in [3.63, 3.8) is 0 Å². The molecule has 3 heteroatoms. The van der Waals surface area contributed by atoms with E-state index in [4.69, 9.17) is 9.84 Å². The molecule has 0 aromatic heterocycles. The summed E-state index contributed by atoms with van der Waals surface area (Å²) in [6, 6.07) is 14.5. The number of unbranched alkanes of at least 4 members (excludes halogenated alkanes) is 7. The van der Waals surface area contributed by atoms with Gasteiger partial charge in [0.1, 0.15) is 0 Å². The van der Waals surface area contributed by atoms with Gasteiger partial charge in [0.2, 0.25) is 0 Å². The van der Waals surface area contributed by atoms with Crippen LogP contribution in [0.5, 0.6) is 0 Å². The fraction of sp³-hybridized carbons (Fsp3) is 0.423. The third-order valence-corrected chi connectivity index (χ3v) is 5.71. The lowest BCUT2D eigenvalue weighted by Gasteiger charge is -2.11. The van der Waals surface area contributed by atoms with Gasteiger partial charge in [-0.1, -0.05) is 87.6 Å². The summed E-state index contributed by atoms with van der Waals surface area (Å²) in [5, 5.41) is 8.76. The molecule has 29 heavy (non-hydrogen) atoms. The molecule has 0 heterocycles. The van der Waals surface area contributed by atoms with Gasteiger partial charge in [-0.25, -0.2) is 4.79 Å². The van der Waals surface area contributed by atoms with Crippen LogP contribution in [0.3, 0.4) is 0 Å². The van der Waals surface area contributed by atoms with E-state index in [2.05, 4.69) is 36.9 Å². The Morgan fingerprint density at radius 2 is 1.52 bits per heavy atom. The van der Waals surface area contributed by atoms with Crippen molar-refractivity contribution in [2.45, 2.75) is 57.8 Å². The summed E-state index contributed by atoms with van der Waals surface area (Å²) < 4.78 is 5.49. The zero-order chi connectivity index (χ0) is 20.5. The van der Waals surface area contributed by atoms with Crippen LogP contribution in [0.25, 0.3) is 16.7 Å². The average molecular weight is 393 g/mol. The molecule has 154 valence electrons. The number of ether oxygens (including phenoxy) is 1. The molecule has 0 amide bonds. The summed E-state index contributed by atoms with van der Waals surface area (Å²) in [5.74, 6) is -0.307. The minimum absolute atomic E-state index is 0.301. The van der Waals surface area contributed by atoms with Crippen molar-refractivity contribution in [2.75, 3.05) is 13.2 Å². The Morgan fingerprint density at radius 1 is 0.862 bits per heavy atom. The van der Waals surface area contributed by atoms with Gasteiger partial charge in [-0.05, 0) is 47.1 Å². The second-order valence-corrected chi connectivity index (χ2v) is 7.83. The molecule has 3 nitrogen and oxygen atoms in total. The highest BCUT2D eigenvalue weighted by Gasteiger charge is 2.23. The Labute approximate surface area is 174 Å². The summed E-state index contributed by atoms with van der Waals surface area (Å²) in [7, 11) is 0. The van der Waals surface area contributed by atoms with Crippen molar-refractivity contribution in [1.29, 1.82) is 0 Å². The van der Waals surface area contributed by atoms with E-state index < -0.39 is 0 Å². The molecule has 2 aromatic carbocycles. The van der Waals surface area contributed by atoms with Gasteiger partial charge in [0, 0.05) is 6.61 Å². The van der Waals surface area contributed by atoms with Crippen LogP contribution in [0.15, 0.2) is 49.0 Å². The van der Waals surface area contributed by atoms with Crippen LogP contribution in [0.4, 0.5) is 0 Å². The maximum Gasteiger partial charge on any atom is 0.338 e. The molecule has 0 atom stereocenters. The van der Waals surface area contributed by atoms with Crippen LogP contribution in [0, 0.1) is 0 Å². The second kappa shape index (κ2) is 11.0. The zero-order valence-corrected chi connectivity index (χ0v) is 17.3. The van der Waals surface area contributed by atoms with E-state index in [0.717, 1.165) is 37.7 Å². The molecule has 0 bridgehead atoms. The van der Waals surface area contributed by atoms with Crippen LogP contribution < -0.4 is 0 Å². The van der Waals surface area contributed by atoms with Crippen molar-refractivity contribution in [2.24, 2.45) is 0 Å². The van der Waals surface area contributed by atoms with Crippen molar-refractivity contribution < 1.29 is 14.6 Å². The first-order valence-electron chi connectivity index (χ1n) is 10.9. The molecule has 1 aliphatic carbocycles. The number of rotatable bonds is 12. The maximum atomic E-state index is 12.5. The van der Waals surface area contributed by atoms with Crippen molar-refractivity contribution >= 4 is 11.5 Å². The highest BCUT2D eigenvalue weighted by atomic mass is 16.5. The van der Waals surface area contributed by atoms with Crippen LogP contribution in [-0.4, -0.2) is 24.3 Å².